The van der Waals surface area contributed by atoms with Crippen LogP contribution in [0.25, 0.3) is 0 Å². The van der Waals surface area contributed by atoms with E-state index in [1.54, 1.807) is 0 Å². The minimum Gasteiger partial charge on any atom is -0.444 e. The highest BCUT2D eigenvalue weighted by Crippen LogP contribution is 2.43. The Hall–Kier alpha value is -1.01. The number of carbonyl (C=O) groups is 1. The Morgan fingerprint density at radius 2 is 1.79 bits per heavy atom. The monoisotopic (exact) mass is 335 g/mol. The zero-order chi connectivity index (χ0) is 17.9. The van der Waals surface area contributed by atoms with Crippen molar-refractivity contribution in [3.05, 3.63) is 11.5 Å². The van der Waals surface area contributed by atoms with Crippen molar-refractivity contribution in [2.75, 3.05) is 0 Å². The van der Waals surface area contributed by atoms with Crippen LogP contribution in [0.5, 0.6) is 0 Å². The number of amides is 1. The van der Waals surface area contributed by atoms with Crippen LogP contribution in [-0.2, 0) is 14.0 Å². The van der Waals surface area contributed by atoms with Gasteiger partial charge >= 0.3 is 13.2 Å². The third-order valence-corrected chi connectivity index (χ3v) is 5.58. The molecule has 24 heavy (non-hydrogen) atoms. The number of fused-ring (bicyclic) bond motifs is 2. The van der Waals surface area contributed by atoms with Crippen molar-refractivity contribution >= 4 is 13.2 Å². The molecule has 3 heterocycles. The molecule has 0 unspecified atom stereocenters. The molecular formula is C18H30BNO4. The Morgan fingerprint density at radius 1 is 1.21 bits per heavy atom. The van der Waals surface area contributed by atoms with E-state index in [1.165, 1.54) is 5.47 Å². The first-order chi connectivity index (χ1) is 10.9. The maximum atomic E-state index is 12.5. The van der Waals surface area contributed by atoms with Crippen molar-refractivity contribution in [2.45, 2.75) is 96.6 Å². The summed E-state index contributed by atoms with van der Waals surface area (Å²) in [5, 5.41) is 0. The van der Waals surface area contributed by atoms with Crippen molar-refractivity contribution in [1.82, 2.24) is 4.90 Å². The lowest BCUT2D eigenvalue weighted by Gasteiger charge is -2.35. The summed E-state index contributed by atoms with van der Waals surface area (Å²) in [4.78, 5) is 14.4. The molecule has 0 saturated carbocycles. The molecule has 0 aromatic rings. The summed E-state index contributed by atoms with van der Waals surface area (Å²) in [6.45, 7) is 14.0. The van der Waals surface area contributed by atoms with E-state index >= 15 is 0 Å². The molecule has 0 aromatic carbocycles. The Bertz CT molecular complexity index is 548. The Morgan fingerprint density at radius 3 is 2.29 bits per heavy atom. The van der Waals surface area contributed by atoms with Crippen LogP contribution in [0.2, 0.25) is 0 Å². The van der Waals surface area contributed by atoms with Crippen molar-refractivity contribution < 1.29 is 18.8 Å². The fourth-order valence-corrected chi connectivity index (χ4v) is 3.63. The molecule has 0 aromatic heterocycles. The average Bonchev–Trinajstić information content (AvgIpc) is 2.78. The summed E-state index contributed by atoms with van der Waals surface area (Å²) < 4.78 is 17.9. The van der Waals surface area contributed by atoms with Crippen LogP contribution in [0, 0.1) is 0 Å². The first-order valence-corrected chi connectivity index (χ1v) is 8.97. The van der Waals surface area contributed by atoms with Gasteiger partial charge in [0.25, 0.3) is 0 Å². The van der Waals surface area contributed by atoms with Crippen LogP contribution in [-0.4, -0.2) is 47.0 Å². The summed E-state index contributed by atoms with van der Waals surface area (Å²) >= 11 is 0. The predicted octanol–water partition coefficient (Wildman–Crippen LogP) is 3.72. The van der Waals surface area contributed by atoms with E-state index < -0.39 is 5.60 Å². The van der Waals surface area contributed by atoms with Gasteiger partial charge in [-0.3, -0.25) is 4.90 Å². The number of nitrogens with zero attached hydrogens (tertiary/aromatic N) is 1. The fourth-order valence-electron chi connectivity index (χ4n) is 3.63. The number of carbonyl (C=O) groups excluding carboxylic acids is 1. The van der Waals surface area contributed by atoms with Crippen LogP contribution in [0.1, 0.15) is 67.7 Å². The Kier molecular flexibility index (Phi) is 4.08. The summed E-state index contributed by atoms with van der Waals surface area (Å²) in [5.74, 6) is 0. The average molecular weight is 335 g/mol. The molecule has 2 saturated heterocycles. The second kappa shape index (κ2) is 5.50. The highest BCUT2D eigenvalue weighted by molar-refractivity contribution is 6.54. The smallest absolute Gasteiger partial charge is 0.444 e. The van der Waals surface area contributed by atoms with Crippen molar-refractivity contribution in [2.24, 2.45) is 0 Å². The zero-order valence-electron chi connectivity index (χ0n) is 16.0. The van der Waals surface area contributed by atoms with Crippen LogP contribution in [0.4, 0.5) is 4.79 Å². The minimum absolute atomic E-state index is 0.0904. The molecule has 5 nitrogen and oxygen atoms in total. The van der Waals surface area contributed by atoms with Crippen LogP contribution >= 0.6 is 0 Å². The van der Waals surface area contributed by atoms with Crippen molar-refractivity contribution in [1.29, 1.82) is 0 Å². The minimum atomic E-state index is -0.466. The van der Waals surface area contributed by atoms with Gasteiger partial charge in [0.05, 0.1) is 17.2 Å². The molecule has 3 rings (SSSR count). The standard InChI is InChI=1S/C18H30BNO4/c1-16(2,3)22-15(21)20-13-8-9-14(20)11-12(10-13)19-23-17(4,5)18(6,7)24-19/h10,13-14H,8-9,11H2,1-7H3/t13-,14-/m1/s1. The van der Waals surface area contributed by atoms with E-state index in [9.17, 15) is 4.79 Å². The molecule has 0 spiro atoms. The number of rotatable bonds is 1. The predicted molar refractivity (Wildman–Crippen MR) is 93.7 cm³/mol. The molecule has 3 aliphatic rings. The highest BCUT2D eigenvalue weighted by atomic mass is 16.7. The lowest BCUT2D eigenvalue weighted by atomic mass is 9.73. The van der Waals surface area contributed by atoms with Crippen LogP contribution < -0.4 is 0 Å². The third kappa shape index (κ3) is 3.10. The van der Waals surface area contributed by atoms with Gasteiger partial charge in [0.1, 0.15) is 5.60 Å². The van der Waals surface area contributed by atoms with Gasteiger partial charge in [-0.15, -0.1) is 0 Å². The lowest BCUT2D eigenvalue weighted by molar-refractivity contribution is 0.00578. The van der Waals surface area contributed by atoms with Gasteiger partial charge in [-0.05, 0) is 73.2 Å². The molecule has 2 bridgehead atoms. The highest BCUT2D eigenvalue weighted by Gasteiger charge is 2.54. The van der Waals surface area contributed by atoms with Gasteiger partial charge in [0.2, 0.25) is 0 Å². The molecule has 0 N–H and O–H groups in total. The number of ether oxygens (including phenoxy) is 1. The molecular weight excluding hydrogens is 305 g/mol. The Labute approximate surface area is 145 Å². The van der Waals surface area contributed by atoms with Crippen molar-refractivity contribution in [3.8, 4) is 0 Å². The first-order valence-electron chi connectivity index (χ1n) is 8.97. The number of hydrogen-bond donors (Lipinski definition) is 0. The molecule has 2 fully saturated rings. The van der Waals surface area contributed by atoms with E-state index in [0.29, 0.717) is 0 Å². The molecule has 0 radical (unpaired) electrons. The summed E-state index contributed by atoms with van der Waals surface area (Å²) in [6.07, 6.45) is 4.73. The van der Waals surface area contributed by atoms with E-state index in [0.717, 1.165) is 19.3 Å². The second-order valence-electron chi connectivity index (χ2n) is 9.22. The lowest BCUT2D eigenvalue weighted by Crippen LogP contribution is -2.47. The van der Waals surface area contributed by atoms with E-state index in [4.69, 9.17) is 14.0 Å². The first kappa shape index (κ1) is 17.8. The normalized spacial score (nSPS) is 31.2. The molecule has 0 aliphatic carbocycles. The van der Waals surface area contributed by atoms with Gasteiger partial charge in [-0.2, -0.15) is 0 Å². The SMILES string of the molecule is CC(C)(C)OC(=O)N1[C@@H]2CC[C@@H]1C=C(B1OC(C)(C)C(C)(C)O1)C2. The largest absolute Gasteiger partial charge is 0.490 e. The van der Waals surface area contributed by atoms with Gasteiger partial charge in [0.15, 0.2) is 0 Å². The van der Waals surface area contributed by atoms with E-state index in [-0.39, 0.29) is 36.5 Å². The van der Waals surface area contributed by atoms with Gasteiger partial charge in [-0.25, -0.2) is 4.79 Å². The Balaban J connectivity index is 1.75. The second-order valence-corrected chi connectivity index (χ2v) is 9.22. The van der Waals surface area contributed by atoms with Crippen LogP contribution in [0.15, 0.2) is 11.5 Å². The molecule has 6 heteroatoms. The molecule has 3 aliphatic heterocycles. The fraction of sp³-hybridized carbons (Fsp3) is 0.833. The topological polar surface area (TPSA) is 48.0 Å². The third-order valence-electron chi connectivity index (χ3n) is 5.58. The summed E-state index contributed by atoms with van der Waals surface area (Å²) in [6, 6.07) is 0.275. The summed E-state index contributed by atoms with van der Waals surface area (Å²) in [7, 11) is -0.307. The molecule has 134 valence electrons. The number of hydrogen-bond acceptors (Lipinski definition) is 4. The van der Waals surface area contributed by atoms with Gasteiger partial charge in [-0.1, -0.05) is 6.08 Å². The molecule has 2 atom stereocenters. The van der Waals surface area contributed by atoms with E-state index in [2.05, 4.69) is 33.8 Å². The maximum absolute atomic E-state index is 12.5. The molecule has 1 amide bonds. The van der Waals surface area contributed by atoms with Gasteiger partial charge < -0.3 is 14.0 Å². The van der Waals surface area contributed by atoms with Crippen molar-refractivity contribution in [3.63, 3.8) is 0 Å². The van der Waals surface area contributed by atoms with E-state index in [1.807, 2.05) is 25.7 Å². The quantitative estimate of drug-likeness (QED) is 0.685. The van der Waals surface area contributed by atoms with Gasteiger partial charge in [0, 0.05) is 6.04 Å². The zero-order valence-corrected chi connectivity index (χ0v) is 16.0. The van der Waals surface area contributed by atoms with Crippen LogP contribution in [0.3, 0.4) is 0 Å². The summed E-state index contributed by atoms with van der Waals surface area (Å²) in [5.41, 5.74) is 0.0346. The maximum Gasteiger partial charge on any atom is 0.490 e.